The van der Waals surface area contributed by atoms with Gasteiger partial charge in [0.25, 0.3) is 5.91 Å². The summed E-state index contributed by atoms with van der Waals surface area (Å²) < 4.78 is 34.7. The highest BCUT2D eigenvalue weighted by Crippen LogP contribution is 2.33. The van der Waals surface area contributed by atoms with Crippen molar-refractivity contribution in [1.29, 1.82) is 0 Å². The summed E-state index contributed by atoms with van der Waals surface area (Å²) in [5.41, 5.74) is 1.01. The third kappa shape index (κ3) is 5.09. The van der Waals surface area contributed by atoms with Gasteiger partial charge in [-0.25, -0.2) is 8.42 Å². The molecular formula is C20H26N2O5S3. The number of sulfone groups is 1. The summed E-state index contributed by atoms with van der Waals surface area (Å²) in [6, 6.07) is 5.59. The molecule has 0 spiro atoms. The minimum atomic E-state index is -2.99. The van der Waals surface area contributed by atoms with Gasteiger partial charge >= 0.3 is 0 Å². The largest absolute Gasteiger partial charge is 0.493 e. The topological polar surface area (TPSA) is 76.2 Å². The first kappa shape index (κ1) is 22.9. The van der Waals surface area contributed by atoms with Crippen molar-refractivity contribution in [3.8, 4) is 11.5 Å². The lowest BCUT2D eigenvalue weighted by Crippen LogP contribution is -2.33. The van der Waals surface area contributed by atoms with Crippen molar-refractivity contribution in [2.75, 3.05) is 38.8 Å². The number of hydrogen-bond acceptors (Lipinski definition) is 8. The first-order valence-corrected chi connectivity index (χ1v) is 12.7. The second kappa shape index (κ2) is 9.57. The SMILES string of the molecule is CCN(/C=C1/SC(=S)N(CCc2ccc(OC)c(OC)c2)C1=O)[C@@H]1CCS(=O)(=O)C1. The molecule has 2 heterocycles. The molecule has 2 aliphatic rings. The highest BCUT2D eigenvalue weighted by molar-refractivity contribution is 8.26. The van der Waals surface area contributed by atoms with E-state index in [0.717, 1.165) is 5.56 Å². The van der Waals surface area contributed by atoms with Crippen LogP contribution in [0.25, 0.3) is 0 Å². The smallest absolute Gasteiger partial charge is 0.267 e. The molecule has 1 aromatic carbocycles. The Labute approximate surface area is 187 Å². The lowest BCUT2D eigenvalue weighted by Gasteiger charge is -2.25. The first-order valence-electron chi connectivity index (χ1n) is 9.70. The van der Waals surface area contributed by atoms with Crippen LogP contribution in [0.2, 0.25) is 0 Å². The number of rotatable bonds is 8. The molecule has 1 amide bonds. The predicted octanol–water partition coefficient (Wildman–Crippen LogP) is 2.46. The Bertz CT molecular complexity index is 961. The minimum absolute atomic E-state index is 0.0877. The number of thioether (sulfide) groups is 1. The normalized spacial score (nSPS) is 22.0. The molecule has 2 aliphatic heterocycles. The molecule has 30 heavy (non-hydrogen) atoms. The lowest BCUT2D eigenvalue weighted by molar-refractivity contribution is -0.122. The first-order chi connectivity index (χ1) is 14.3. The van der Waals surface area contributed by atoms with Gasteiger partial charge in [-0.3, -0.25) is 9.69 Å². The van der Waals surface area contributed by atoms with Crippen LogP contribution in [0.4, 0.5) is 0 Å². The molecule has 2 fully saturated rings. The van der Waals surface area contributed by atoms with Gasteiger partial charge < -0.3 is 14.4 Å². The zero-order valence-corrected chi connectivity index (χ0v) is 19.7. The summed E-state index contributed by atoms with van der Waals surface area (Å²) in [5.74, 6) is 1.50. The molecule has 1 atom stereocenters. The van der Waals surface area contributed by atoms with Crippen LogP contribution in [-0.4, -0.2) is 73.3 Å². The van der Waals surface area contributed by atoms with E-state index < -0.39 is 9.84 Å². The zero-order chi connectivity index (χ0) is 21.9. The molecular weight excluding hydrogens is 444 g/mol. The molecule has 2 saturated heterocycles. The Balaban J connectivity index is 1.68. The second-order valence-corrected chi connectivity index (χ2v) is 11.0. The monoisotopic (exact) mass is 470 g/mol. The Kier molecular flexibility index (Phi) is 7.30. The van der Waals surface area contributed by atoms with E-state index in [4.69, 9.17) is 21.7 Å². The molecule has 0 saturated carbocycles. The number of thiocarbonyl (C=S) groups is 1. The van der Waals surface area contributed by atoms with Gasteiger partial charge in [0.1, 0.15) is 4.32 Å². The maximum absolute atomic E-state index is 12.9. The molecule has 10 heteroatoms. The van der Waals surface area contributed by atoms with Crippen molar-refractivity contribution in [1.82, 2.24) is 9.80 Å². The van der Waals surface area contributed by atoms with E-state index in [1.165, 1.54) is 11.8 Å². The zero-order valence-electron chi connectivity index (χ0n) is 17.3. The molecule has 7 nitrogen and oxygen atoms in total. The van der Waals surface area contributed by atoms with E-state index in [2.05, 4.69) is 0 Å². The van der Waals surface area contributed by atoms with Crippen LogP contribution < -0.4 is 9.47 Å². The molecule has 3 rings (SSSR count). The molecule has 164 valence electrons. The number of ether oxygens (including phenoxy) is 2. The standard InChI is InChI=1S/C20H26N2O5S3/c1-4-21(15-8-10-30(24,25)13-15)12-18-19(23)22(20(28)29-18)9-7-14-5-6-16(26-2)17(11-14)27-3/h5-6,11-12,15H,4,7-10,13H2,1-3H3/b18-12+/t15-/m1/s1. The number of nitrogens with zero attached hydrogens (tertiary/aromatic N) is 2. The molecule has 0 unspecified atom stereocenters. The Morgan fingerprint density at radius 3 is 2.63 bits per heavy atom. The third-order valence-corrected chi connectivity index (χ3v) is 8.39. The number of amides is 1. The van der Waals surface area contributed by atoms with Crippen LogP contribution in [-0.2, 0) is 21.1 Å². The van der Waals surface area contributed by atoms with Crippen LogP contribution in [0, 0.1) is 0 Å². The maximum atomic E-state index is 12.9. The van der Waals surface area contributed by atoms with Crippen molar-refractivity contribution in [2.24, 2.45) is 0 Å². The lowest BCUT2D eigenvalue weighted by atomic mass is 10.1. The molecule has 0 N–H and O–H groups in total. The van der Waals surface area contributed by atoms with Gasteiger partial charge in [0.2, 0.25) is 0 Å². The number of benzene rings is 1. The Hall–Kier alpha value is -1.78. The fourth-order valence-corrected chi connectivity index (χ4v) is 6.65. The summed E-state index contributed by atoms with van der Waals surface area (Å²) in [6.45, 7) is 3.05. The van der Waals surface area contributed by atoms with E-state index >= 15 is 0 Å². The Morgan fingerprint density at radius 1 is 1.30 bits per heavy atom. The number of methoxy groups -OCH3 is 2. The second-order valence-electron chi connectivity index (χ2n) is 7.14. The van der Waals surface area contributed by atoms with E-state index in [0.29, 0.717) is 46.7 Å². The van der Waals surface area contributed by atoms with E-state index in [-0.39, 0.29) is 23.5 Å². The molecule has 0 aliphatic carbocycles. The predicted molar refractivity (Wildman–Crippen MR) is 123 cm³/mol. The average molecular weight is 471 g/mol. The molecule has 0 bridgehead atoms. The minimum Gasteiger partial charge on any atom is -0.493 e. The highest BCUT2D eigenvalue weighted by atomic mass is 32.2. The van der Waals surface area contributed by atoms with Gasteiger partial charge in [0.15, 0.2) is 21.3 Å². The summed E-state index contributed by atoms with van der Waals surface area (Å²) >= 11 is 6.69. The molecule has 1 aromatic rings. The third-order valence-electron chi connectivity index (χ3n) is 5.27. The van der Waals surface area contributed by atoms with Gasteiger partial charge in [0, 0.05) is 25.3 Å². The number of hydrogen-bond donors (Lipinski definition) is 0. The van der Waals surface area contributed by atoms with Gasteiger partial charge in [-0.15, -0.1) is 0 Å². The van der Waals surface area contributed by atoms with Crippen LogP contribution in [0.15, 0.2) is 29.3 Å². The van der Waals surface area contributed by atoms with E-state index in [9.17, 15) is 13.2 Å². The van der Waals surface area contributed by atoms with Crippen LogP contribution in [0.3, 0.4) is 0 Å². The van der Waals surface area contributed by atoms with Crippen LogP contribution >= 0.6 is 24.0 Å². The van der Waals surface area contributed by atoms with Gasteiger partial charge in [-0.05, 0) is 37.5 Å². The highest BCUT2D eigenvalue weighted by Gasteiger charge is 2.35. The summed E-state index contributed by atoms with van der Waals surface area (Å²) in [6.07, 6.45) is 2.99. The summed E-state index contributed by atoms with van der Waals surface area (Å²) in [7, 11) is 0.187. The van der Waals surface area contributed by atoms with Crippen molar-refractivity contribution in [3.05, 3.63) is 34.9 Å². The van der Waals surface area contributed by atoms with Crippen molar-refractivity contribution in [3.63, 3.8) is 0 Å². The molecule has 0 radical (unpaired) electrons. The van der Waals surface area contributed by atoms with E-state index in [1.807, 2.05) is 30.0 Å². The van der Waals surface area contributed by atoms with Crippen LogP contribution in [0.1, 0.15) is 18.9 Å². The van der Waals surface area contributed by atoms with Crippen LogP contribution in [0.5, 0.6) is 11.5 Å². The van der Waals surface area contributed by atoms with Crippen molar-refractivity contribution >= 4 is 44.0 Å². The quantitative estimate of drug-likeness (QED) is 0.424. The number of carbonyl (C=O) groups excluding carboxylic acids is 1. The van der Waals surface area contributed by atoms with Gasteiger partial charge in [-0.1, -0.05) is 30.0 Å². The fraction of sp³-hybridized carbons (Fsp3) is 0.500. The number of carbonyl (C=O) groups is 1. The van der Waals surface area contributed by atoms with Gasteiger partial charge in [0.05, 0.1) is 30.6 Å². The summed E-state index contributed by atoms with van der Waals surface area (Å²) in [5, 5.41) is 0. The van der Waals surface area contributed by atoms with Gasteiger partial charge in [-0.2, -0.15) is 0 Å². The molecule has 0 aromatic heterocycles. The average Bonchev–Trinajstić information content (AvgIpc) is 3.22. The van der Waals surface area contributed by atoms with Crippen molar-refractivity contribution < 1.29 is 22.7 Å². The van der Waals surface area contributed by atoms with Crippen molar-refractivity contribution in [2.45, 2.75) is 25.8 Å². The Morgan fingerprint density at radius 2 is 2.03 bits per heavy atom. The maximum Gasteiger partial charge on any atom is 0.267 e. The van der Waals surface area contributed by atoms with E-state index in [1.54, 1.807) is 25.3 Å². The fourth-order valence-electron chi connectivity index (χ4n) is 3.60. The summed E-state index contributed by atoms with van der Waals surface area (Å²) in [4.78, 5) is 17.0.